The third-order valence-electron chi connectivity index (χ3n) is 3.03. The highest BCUT2D eigenvalue weighted by Crippen LogP contribution is 2.57. The van der Waals surface area contributed by atoms with Crippen molar-refractivity contribution in [2.24, 2.45) is 0 Å². The first-order chi connectivity index (χ1) is 8.22. The van der Waals surface area contributed by atoms with Gasteiger partial charge in [-0.2, -0.15) is 0 Å². The molecule has 17 heavy (non-hydrogen) atoms. The summed E-state index contributed by atoms with van der Waals surface area (Å²) in [4.78, 5) is 0. The van der Waals surface area contributed by atoms with Gasteiger partial charge in [0.25, 0.3) is 7.37 Å². The summed E-state index contributed by atoms with van der Waals surface area (Å²) in [6.45, 7) is 2.39. The maximum atomic E-state index is 12.5. The van der Waals surface area contributed by atoms with Crippen LogP contribution in [0, 0.1) is 6.92 Å². The number of fused-ring (bicyclic) bond motifs is 1. The molecule has 1 aliphatic rings. The van der Waals surface area contributed by atoms with Crippen LogP contribution in [0.4, 0.5) is 0 Å². The Hall–Kier alpha value is -1.37. The van der Waals surface area contributed by atoms with Crippen LogP contribution < -0.4 is 10.6 Å². The predicted molar refractivity (Wildman–Crippen MR) is 69.3 cm³/mol. The van der Waals surface area contributed by atoms with Gasteiger partial charge in [0.1, 0.15) is 0 Å². The van der Waals surface area contributed by atoms with E-state index in [1.54, 1.807) is 0 Å². The highest BCUT2D eigenvalue weighted by atomic mass is 31.2. The first kappa shape index (κ1) is 10.8. The summed E-state index contributed by atoms with van der Waals surface area (Å²) in [6, 6.07) is 15.6. The zero-order chi connectivity index (χ0) is 11.9. The van der Waals surface area contributed by atoms with E-state index in [2.05, 4.69) is 0 Å². The summed E-state index contributed by atoms with van der Waals surface area (Å²) >= 11 is 0. The molecule has 0 fully saturated rings. The standard InChI is InChI=1S/C14H13O2P/c1-11-6-5-9-13-14(11)17(13,15)16-10-12-7-3-2-4-8-12/h2-9H,10H2,1H3. The fraction of sp³-hybridized carbons (Fsp3) is 0.143. The first-order valence-electron chi connectivity index (χ1n) is 5.61. The van der Waals surface area contributed by atoms with E-state index in [1.165, 1.54) is 0 Å². The SMILES string of the molecule is Cc1cccc2c1P2(=O)OCc1ccccc1. The minimum Gasteiger partial charge on any atom is -0.317 e. The van der Waals surface area contributed by atoms with Crippen molar-refractivity contribution in [2.45, 2.75) is 13.5 Å². The van der Waals surface area contributed by atoms with E-state index >= 15 is 0 Å². The van der Waals surface area contributed by atoms with Crippen LogP contribution in [0.2, 0.25) is 0 Å². The van der Waals surface area contributed by atoms with Crippen LogP contribution >= 0.6 is 7.37 Å². The van der Waals surface area contributed by atoms with Crippen molar-refractivity contribution in [3.63, 3.8) is 0 Å². The predicted octanol–water partition coefficient (Wildman–Crippen LogP) is 2.75. The van der Waals surface area contributed by atoms with Crippen molar-refractivity contribution >= 4 is 18.0 Å². The number of hydrogen-bond donors (Lipinski definition) is 0. The van der Waals surface area contributed by atoms with Crippen LogP contribution in [-0.4, -0.2) is 0 Å². The Morgan fingerprint density at radius 1 is 1.06 bits per heavy atom. The Morgan fingerprint density at radius 3 is 2.53 bits per heavy atom. The summed E-state index contributed by atoms with van der Waals surface area (Å²) in [5, 5.41) is 1.82. The van der Waals surface area contributed by atoms with E-state index in [4.69, 9.17) is 4.52 Å². The third kappa shape index (κ3) is 1.74. The topological polar surface area (TPSA) is 26.3 Å². The molecule has 1 unspecified atom stereocenters. The Balaban J connectivity index is 1.77. The molecular weight excluding hydrogens is 231 g/mol. The smallest absolute Gasteiger partial charge is 0.263 e. The molecule has 0 amide bonds. The molecule has 1 atom stereocenters. The maximum Gasteiger partial charge on any atom is 0.263 e. The van der Waals surface area contributed by atoms with Crippen LogP contribution in [0.3, 0.4) is 0 Å². The molecule has 0 spiro atoms. The summed E-state index contributed by atoms with van der Waals surface area (Å²) in [5.74, 6) is 0. The summed E-state index contributed by atoms with van der Waals surface area (Å²) in [7, 11) is -2.62. The van der Waals surface area contributed by atoms with Gasteiger partial charge >= 0.3 is 0 Å². The van der Waals surface area contributed by atoms with Gasteiger partial charge in [-0.05, 0) is 24.1 Å². The van der Waals surface area contributed by atoms with Crippen LogP contribution in [0.1, 0.15) is 11.1 Å². The molecule has 3 heteroatoms. The molecule has 1 heterocycles. The fourth-order valence-electron chi connectivity index (χ4n) is 2.08. The molecule has 2 nitrogen and oxygen atoms in total. The zero-order valence-electron chi connectivity index (χ0n) is 9.59. The van der Waals surface area contributed by atoms with Gasteiger partial charge in [0, 0.05) is 0 Å². The van der Waals surface area contributed by atoms with Crippen LogP contribution in [0.15, 0.2) is 48.5 Å². The highest BCUT2D eigenvalue weighted by Gasteiger charge is 2.48. The minimum absolute atomic E-state index is 0.409. The minimum atomic E-state index is -2.62. The summed E-state index contributed by atoms with van der Waals surface area (Å²) < 4.78 is 18.1. The van der Waals surface area contributed by atoms with Crippen LogP contribution in [0.5, 0.6) is 0 Å². The molecule has 3 rings (SSSR count). The van der Waals surface area contributed by atoms with E-state index in [0.717, 1.165) is 21.7 Å². The second kappa shape index (κ2) is 3.83. The molecule has 0 saturated carbocycles. The molecule has 2 aromatic carbocycles. The normalized spacial score (nSPS) is 21.0. The molecule has 0 aliphatic carbocycles. The summed E-state index contributed by atoms with van der Waals surface area (Å²) in [5.41, 5.74) is 2.12. The average molecular weight is 244 g/mol. The second-order valence-corrected chi connectivity index (χ2v) is 6.54. The van der Waals surface area contributed by atoms with Crippen molar-refractivity contribution in [2.75, 3.05) is 0 Å². The quantitative estimate of drug-likeness (QED) is 0.776. The molecule has 2 aromatic rings. The molecule has 0 radical (unpaired) electrons. The van der Waals surface area contributed by atoms with Crippen molar-refractivity contribution in [1.82, 2.24) is 0 Å². The lowest BCUT2D eigenvalue weighted by atomic mass is 10.2. The van der Waals surface area contributed by atoms with E-state index in [-0.39, 0.29) is 0 Å². The molecule has 86 valence electrons. The monoisotopic (exact) mass is 244 g/mol. The number of hydrogen-bond acceptors (Lipinski definition) is 2. The van der Waals surface area contributed by atoms with Crippen LogP contribution in [-0.2, 0) is 15.7 Å². The molecule has 0 bridgehead atoms. The van der Waals surface area contributed by atoms with Gasteiger partial charge in [-0.1, -0.05) is 42.5 Å². The zero-order valence-corrected chi connectivity index (χ0v) is 10.5. The van der Waals surface area contributed by atoms with Gasteiger partial charge in [-0.25, -0.2) is 0 Å². The largest absolute Gasteiger partial charge is 0.317 e. The van der Waals surface area contributed by atoms with Crippen molar-refractivity contribution in [1.29, 1.82) is 0 Å². The van der Waals surface area contributed by atoms with E-state index in [9.17, 15) is 4.57 Å². The third-order valence-corrected chi connectivity index (χ3v) is 5.49. The Bertz CT molecular complexity index is 605. The average Bonchev–Trinajstić information content (AvgIpc) is 2.96. The van der Waals surface area contributed by atoms with Gasteiger partial charge in [0.2, 0.25) is 0 Å². The van der Waals surface area contributed by atoms with Crippen molar-refractivity contribution in [3.8, 4) is 0 Å². The van der Waals surface area contributed by atoms with Gasteiger partial charge < -0.3 is 4.52 Å². The lowest BCUT2D eigenvalue weighted by Gasteiger charge is -2.02. The fourth-order valence-corrected chi connectivity index (χ4v) is 4.46. The van der Waals surface area contributed by atoms with Gasteiger partial charge in [-0.3, -0.25) is 4.57 Å². The molecule has 0 N–H and O–H groups in total. The molecule has 0 saturated heterocycles. The lowest BCUT2D eigenvalue weighted by molar-refractivity contribution is 0.320. The number of benzene rings is 2. The maximum absolute atomic E-state index is 12.5. The lowest BCUT2D eigenvalue weighted by Crippen LogP contribution is -1.92. The van der Waals surface area contributed by atoms with Crippen molar-refractivity contribution < 1.29 is 9.09 Å². The summed E-state index contributed by atoms with van der Waals surface area (Å²) in [6.07, 6.45) is 0. The highest BCUT2D eigenvalue weighted by molar-refractivity contribution is 7.85. The van der Waals surface area contributed by atoms with Gasteiger partial charge in [-0.15, -0.1) is 0 Å². The van der Waals surface area contributed by atoms with Crippen LogP contribution in [0.25, 0.3) is 0 Å². The van der Waals surface area contributed by atoms with E-state index in [0.29, 0.717) is 6.61 Å². The molecular formula is C14H13O2P. The number of rotatable bonds is 3. The van der Waals surface area contributed by atoms with E-state index < -0.39 is 7.37 Å². The van der Waals surface area contributed by atoms with Gasteiger partial charge in [0.15, 0.2) is 0 Å². The molecule has 0 aromatic heterocycles. The van der Waals surface area contributed by atoms with Gasteiger partial charge in [0.05, 0.1) is 17.2 Å². The Kier molecular flexibility index (Phi) is 2.43. The molecule has 1 aliphatic heterocycles. The van der Waals surface area contributed by atoms with E-state index in [1.807, 2.05) is 55.5 Å². The van der Waals surface area contributed by atoms with Crippen molar-refractivity contribution in [3.05, 3.63) is 59.7 Å². The Labute approximate surface area is 101 Å². The first-order valence-corrected chi connectivity index (χ1v) is 7.23. The Morgan fingerprint density at radius 2 is 1.82 bits per heavy atom. The number of aryl methyl sites for hydroxylation is 1. The second-order valence-electron chi connectivity index (χ2n) is 4.25.